The summed E-state index contributed by atoms with van der Waals surface area (Å²) in [5, 5.41) is 19.1. The van der Waals surface area contributed by atoms with E-state index >= 15 is 0 Å². The predicted octanol–water partition coefficient (Wildman–Crippen LogP) is 3.52. The van der Waals surface area contributed by atoms with Crippen LogP contribution in [-0.4, -0.2) is 51.6 Å². The van der Waals surface area contributed by atoms with Crippen LogP contribution in [0, 0.1) is 17.8 Å². The summed E-state index contributed by atoms with van der Waals surface area (Å²) in [5.41, 5.74) is 1.04. The highest BCUT2D eigenvalue weighted by molar-refractivity contribution is 5.87. The molecule has 0 aromatic heterocycles. The molecule has 5 nitrogen and oxygen atoms in total. The second-order valence-corrected chi connectivity index (χ2v) is 7.56. The molecule has 0 radical (unpaired) electrons. The minimum Gasteiger partial charge on any atom is -0.478 e. The number of carbonyl (C=O) groups is 2. The first-order valence-electron chi connectivity index (χ1n) is 9.93. The summed E-state index contributed by atoms with van der Waals surface area (Å²) in [7, 11) is 0. The fourth-order valence-electron chi connectivity index (χ4n) is 3.34. The Labute approximate surface area is 175 Å². The number of hydrogen-bond acceptors (Lipinski definition) is 3. The molecule has 1 aromatic rings. The van der Waals surface area contributed by atoms with Gasteiger partial charge < -0.3 is 15.1 Å². The molecule has 2 N–H and O–H groups in total. The third-order valence-electron chi connectivity index (χ3n) is 5.22. The van der Waals surface area contributed by atoms with Crippen LogP contribution in [-0.2, 0) is 11.2 Å². The zero-order chi connectivity index (χ0) is 22.3. The number of hydrogen-bond donors (Lipinski definition) is 2. The molecule has 1 amide bonds. The van der Waals surface area contributed by atoms with E-state index in [2.05, 4.69) is 11.8 Å². The minimum atomic E-state index is -3.41. The Morgan fingerprint density at radius 3 is 2.63 bits per heavy atom. The van der Waals surface area contributed by atoms with Crippen LogP contribution in [0.1, 0.15) is 49.0 Å². The maximum atomic E-state index is 14.0. The van der Waals surface area contributed by atoms with Gasteiger partial charge in [0, 0.05) is 19.4 Å². The topological polar surface area (TPSA) is 77.8 Å². The van der Waals surface area contributed by atoms with Crippen molar-refractivity contribution < 1.29 is 28.6 Å². The highest BCUT2D eigenvalue weighted by atomic mass is 19.3. The number of rotatable bonds is 9. The van der Waals surface area contributed by atoms with Crippen LogP contribution in [0.15, 0.2) is 36.4 Å². The lowest BCUT2D eigenvalue weighted by molar-refractivity contribution is -0.148. The Hall–Kier alpha value is -2.72. The van der Waals surface area contributed by atoms with E-state index in [-0.39, 0.29) is 18.0 Å². The van der Waals surface area contributed by atoms with Crippen LogP contribution in [0.3, 0.4) is 0 Å². The average Bonchev–Trinajstić information content (AvgIpc) is 2.93. The summed E-state index contributed by atoms with van der Waals surface area (Å²) in [6, 6.07) is 5.56. The van der Waals surface area contributed by atoms with Gasteiger partial charge in [-0.05, 0) is 43.4 Å². The normalized spacial score (nSPS) is 20.1. The van der Waals surface area contributed by atoms with Gasteiger partial charge >= 0.3 is 11.9 Å². The highest BCUT2D eigenvalue weighted by Crippen LogP contribution is 2.34. The zero-order valence-electron chi connectivity index (χ0n) is 17.1. The summed E-state index contributed by atoms with van der Waals surface area (Å²) < 4.78 is 28.0. The van der Waals surface area contributed by atoms with Crippen molar-refractivity contribution in [3.63, 3.8) is 0 Å². The molecule has 1 aliphatic rings. The first-order valence-corrected chi connectivity index (χ1v) is 9.93. The number of aliphatic hydroxyl groups is 1. The molecule has 0 saturated carbocycles. The molecule has 0 bridgehead atoms. The van der Waals surface area contributed by atoms with E-state index in [9.17, 15) is 23.5 Å². The number of carbonyl (C=O) groups excluding carboxylic acids is 1. The molecule has 0 unspecified atom stereocenters. The van der Waals surface area contributed by atoms with Gasteiger partial charge in [-0.3, -0.25) is 4.79 Å². The number of aryl methyl sites for hydroxylation is 1. The zero-order valence-corrected chi connectivity index (χ0v) is 17.1. The van der Waals surface area contributed by atoms with Crippen LogP contribution in [0.25, 0.3) is 0 Å². The van der Waals surface area contributed by atoms with E-state index in [1.54, 1.807) is 19.1 Å². The van der Waals surface area contributed by atoms with E-state index in [4.69, 9.17) is 5.11 Å². The molecule has 30 heavy (non-hydrogen) atoms. The SMILES string of the molecule is CC#CC[C@H](C)[C@H](O)/C=C/[C@H]1CC(F)(F)C(=O)N1CCCc1ccc(C(=O)O)cc1. The smallest absolute Gasteiger partial charge is 0.335 e. The molecule has 2 rings (SSSR count). The second-order valence-electron chi connectivity index (χ2n) is 7.56. The molecule has 0 aliphatic carbocycles. The average molecular weight is 419 g/mol. The van der Waals surface area contributed by atoms with Crippen molar-refractivity contribution >= 4 is 11.9 Å². The number of alkyl halides is 2. The number of nitrogens with zero attached hydrogens (tertiary/aromatic N) is 1. The Balaban J connectivity index is 1.98. The van der Waals surface area contributed by atoms with Gasteiger partial charge in [0.1, 0.15) is 0 Å². The number of benzene rings is 1. The molecule has 1 saturated heterocycles. The molecule has 1 heterocycles. The molecule has 7 heteroatoms. The lowest BCUT2D eigenvalue weighted by Crippen LogP contribution is -2.37. The monoisotopic (exact) mass is 419 g/mol. The molecule has 1 aliphatic heterocycles. The number of halogens is 2. The first-order chi connectivity index (χ1) is 14.2. The van der Waals surface area contributed by atoms with Gasteiger partial charge in [-0.15, -0.1) is 11.8 Å². The van der Waals surface area contributed by atoms with Crippen molar-refractivity contribution in [2.24, 2.45) is 5.92 Å². The molecule has 1 fully saturated rings. The van der Waals surface area contributed by atoms with E-state index < -0.39 is 36.4 Å². The maximum absolute atomic E-state index is 14.0. The highest BCUT2D eigenvalue weighted by Gasteiger charge is 2.52. The molecule has 1 aromatic carbocycles. The lowest BCUT2D eigenvalue weighted by Gasteiger charge is -2.22. The Bertz CT molecular complexity index is 839. The predicted molar refractivity (Wildman–Crippen MR) is 109 cm³/mol. The van der Waals surface area contributed by atoms with Gasteiger partial charge in [0.25, 0.3) is 5.91 Å². The Morgan fingerprint density at radius 2 is 2.03 bits per heavy atom. The van der Waals surface area contributed by atoms with Crippen molar-refractivity contribution in [2.75, 3.05) is 6.54 Å². The summed E-state index contributed by atoms with van der Waals surface area (Å²) in [4.78, 5) is 24.2. The van der Waals surface area contributed by atoms with Crippen LogP contribution in [0.4, 0.5) is 8.78 Å². The summed E-state index contributed by atoms with van der Waals surface area (Å²) in [6.45, 7) is 3.68. The van der Waals surface area contributed by atoms with Gasteiger partial charge in [-0.25, -0.2) is 4.79 Å². The van der Waals surface area contributed by atoms with Crippen LogP contribution < -0.4 is 0 Å². The summed E-state index contributed by atoms with van der Waals surface area (Å²) >= 11 is 0. The number of aliphatic hydroxyl groups excluding tert-OH is 1. The number of likely N-dealkylation sites (tertiary alicyclic amines) is 1. The molecule has 3 atom stereocenters. The van der Waals surface area contributed by atoms with Gasteiger partial charge in [0.05, 0.1) is 17.7 Å². The fourth-order valence-corrected chi connectivity index (χ4v) is 3.34. The Morgan fingerprint density at radius 1 is 1.37 bits per heavy atom. The van der Waals surface area contributed by atoms with Crippen molar-refractivity contribution in [1.29, 1.82) is 0 Å². The van der Waals surface area contributed by atoms with Crippen molar-refractivity contribution in [2.45, 2.75) is 57.6 Å². The van der Waals surface area contributed by atoms with Gasteiger partial charge in [0.2, 0.25) is 0 Å². The van der Waals surface area contributed by atoms with E-state index in [0.29, 0.717) is 19.3 Å². The van der Waals surface area contributed by atoms with E-state index in [1.807, 2.05) is 6.92 Å². The second kappa shape index (κ2) is 10.4. The van der Waals surface area contributed by atoms with Crippen molar-refractivity contribution in [3.05, 3.63) is 47.5 Å². The third-order valence-corrected chi connectivity index (χ3v) is 5.22. The van der Waals surface area contributed by atoms with Crippen LogP contribution >= 0.6 is 0 Å². The standard InChI is InChI=1S/C23H27F2NO4/c1-3-4-6-16(2)20(27)13-12-19-15-23(24,25)22(30)26(19)14-5-7-17-8-10-18(11-9-17)21(28)29/h8-13,16,19-20,27H,5-7,14-15H2,1-2H3,(H,28,29)/b13-12+/t16-,19-,20+/m0/s1. The van der Waals surface area contributed by atoms with Gasteiger partial charge in [-0.1, -0.05) is 31.2 Å². The number of carboxylic acids is 1. The summed E-state index contributed by atoms with van der Waals surface area (Å²) in [5.74, 6) is -0.139. The number of aromatic carboxylic acids is 1. The van der Waals surface area contributed by atoms with Gasteiger partial charge in [0.15, 0.2) is 0 Å². The van der Waals surface area contributed by atoms with Crippen molar-refractivity contribution in [1.82, 2.24) is 4.90 Å². The molecule has 0 spiro atoms. The molecule has 162 valence electrons. The lowest BCUT2D eigenvalue weighted by atomic mass is 10.00. The van der Waals surface area contributed by atoms with E-state index in [1.165, 1.54) is 24.3 Å². The van der Waals surface area contributed by atoms with Crippen LogP contribution in [0.5, 0.6) is 0 Å². The first kappa shape index (κ1) is 23.6. The van der Waals surface area contributed by atoms with Crippen LogP contribution in [0.2, 0.25) is 0 Å². The quantitative estimate of drug-likeness (QED) is 0.474. The number of amides is 1. The third kappa shape index (κ3) is 6.14. The van der Waals surface area contributed by atoms with Crippen molar-refractivity contribution in [3.8, 4) is 11.8 Å². The maximum Gasteiger partial charge on any atom is 0.335 e. The number of carboxylic acid groups (broad SMARTS) is 1. The summed E-state index contributed by atoms with van der Waals surface area (Å²) in [6.07, 6.45) is 3.01. The minimum absolute atomic E-state index is 0.145. The molecular weight excluding hydrogens is 392 g/mol. The van der Waals surface area contributed by atoms with Gasteiger partial charge in [-0.2, -0.15) is 8.78 Å². The fraction of sp³-hybridized carbons (Fsp3) is 0.478. The molecular formula is C23H27F2NO4. The largest absolute Gasteiger partial charge is 0.478 e. The Kier molecular flexibility index (Phi) is 8.13. The van der Waals surface area contributed by atoms with E-state index in [0.717, 1.165) is 10.5 Å².